The van der Waals surface area contributed by atoms with Crippen LogP contribution in [0, 0.1) is 6.92 Å². The van der Waals surface area contributed by atoms with Crippen LogP contribution in [-0.4, -0.2) is 0 Å². The molecule has 0 amide bonds. The molecule has 0 aromatic heterocycles. The number of para-hydroxylation sites is 2. The van der Waals surface area contributed by atoms with Crippen molar-refractivity contribution >= 4 is 11.4 Å². The molecule has 0 unspecified atom stereocenters. The molecule has 1 aliphatic rings. The number of rotatable bonds is 0. The molecule has 0 bridgehead atoms. The summed E-state index contributed by atoms with van der Waals surface area (Å²) in [6.07, 6.45) is -4.42. The number of benzene rings is 2. The third-order valence-electron chi connectivity index (χ3n) is 3.03. The van der Waals surface area contributed by atoms with E-state index in [0.29, 0.717) is 11.4 Å². The van der Waals surface area contributed by atoms with Gasteiger partial charge in [0.05, 0.1) is 16.9 Å². The van der Waals surface area contributed by atoms with Crippen molar-refractivity contribution in [3.63, 3.8) is 0 Å². The summed E-state index contributed by atoms with van der Waals surface area (Å²) in [7, 11) is 0. The molecule has 2 aromatic carbocycles. The third kappa shape index (κ3) is 1.91. The van der Waals surface area contributed by atoms with Crippen LogP contribution in [0.4, 0.5) is 24.5 Å². The SMILES string of the molecule is Cc1ccc2c(c1C(F)(F)F)Nc1ccccc1O2. The highest BCUT2D eigenvalue weighted by molar-refractivity contribution is 5.79. The van der Waals surface area contributed by atoms with Crippen molar-refractivity contribution in [3.05, 3.63) is 47.5 Å². The number of aryl methyl sites for hydroxylation is 1. The number of anilines is 2. The molecule has 1 N–H and O–H groups in total. The van der Waals surface area contributed by atoms with Crippen LogP contribution in [0.2, 0.25) is 0 Å². The summed E-state index contributed by atoms with van der Waals surface area (Å²) in [5.41, 5.74) is -0.00136. The van der Waals surface area contributed by atoms with E-state index in [-0.39, 0.29) is 17.0 Å². The Morgan fingerprint density at radius 2 is 1.74 bits per heavy atom. The Kier molecular flexibility index (Phi) is 2.45. The monoisotopic (exact) mass is 265 g/mol. The molecule has 2 aromatic rings. The Morgan fingerprint density at radius 3 is 2.47 bits per heavy atom. The molecule has 0 atom stereocenters. The average molecular weight is 265 g/mol. The molecule has 0 radical (unpaired) electrons. The Labute approximate surface area is 107 Å². The van der Waals surface area contributed by atoms with E-state index in [4.69, 9.17) is 4.74 Å². The molecular weight excluding hydrogens is 255 g/mol. The van der Waals surface area contributed by atoms with Gasteiger partial charge in [-0.05, 0) is 30.7 Å². The predicted octanol–water partition coefficient (Wildman–Crippen LogP) is 4.86. The summed E-state index contributed by atoms with van der Waals surface area (Å²) in [4.78, 5) is 0. The number of alkyl halides is 3. The summed E-state index contributed by atoms with van der Waals surface area (Å²) in [6, 6.07) is 9.85. The van der Waals surface area contributed by atoms with Gasteiger partial charge in [-0.3, -0.25) is 0 Å². The smallest absolute Gasteiger partial charge is 0.418 e. The van der Waals surface area contributed by atoms with Crippen molar-refractivity contribution in [2.75, 3.05) is 5.32 Å². The number of hydrogen-bond donors (Lipinski definition) is 1. The van der Waals surface area contributed by atoms with E-state index >= 15 is 0 Å². The molecule has 0 saturated heterocycles. The molecule has 3 rings (SSSR count). The van der Waals surface area contributed by atoms with Crippen LogP contribution >= 0.6 is 0 Å². The standard InChI is InChI=1S/C14H10F3NO/c1-8-6-7-11-13(12(8)14(15,16)17)18-9-4-2-3-5-10(9)19-11/h2-7,18H,1H3. The Balaban J connectivity index is 2.19. The van der Waals surface area contributed by atoms with Crippen LogP contribution in [0.25, 0.3) is 0 Å². The molecule has 0 saturated carbocycles. The van der Waals surface area contributed by atoms with Gasteiger partial charge in [0, 0.05) is 0 Å². The van der Waals surface area contributed by atoms with Gasteiger partial charge in [0.25, 0.3) is 0 Å². The maximum atomic E-state index is 13.1. The third-order valence-corrected chi connectivity index (χ3v) is 3.03. The van der Waals surface area contributed by atoms with Gasteiger partial charge in [-0.2, -0.15) is 13.2 Å². The summed E-state index contributed by atoms with van der Waals surface area (Å²) in [5.74, 6) is 0.712. The Hall–Kier alpha value is -2.17. The molecule has 5 heteroatoms. The van der Waals surface area contributed by atoms with Gasteiger partial charge in [0.15, 0.2) is 11.5 Å². The van der Waals surface area contributed by atoms with E-state index in [1.54, 1.807) is 30.3 Å². The molecular formula is C14H10F3NO. The van der Waals surface area contributed by atoms with Gasteiger partial charge < -0.3 is 10.1 Å². The fraction of sp³-hybridized carbons (Fsp3) is 0.143. The molecule has 98 valence electrons. The lowest BCUT2D eigenvalue weighted by Crippen LogP contribution is -2.14. The van der Waals surface area contributed by atoms with Gasteiger partial charge in [0.2, 0.25) is 0 Å². The number of ether oxygens (including phenoxy) is 1. The normalized spacial score (nSPS) is 13.1. The van der Waals surface area contributed by atoms with Crippen LogP contribution in [0.5, 0.6) is 11.5 Å². The van der Waals surface area contributed by atoms with Gasteiger partial charge >= 0.3 is 6.18 Å². The van der Waals surface area contributed by atoms with Crippen molar-refractivity contribution < 1.29 is 17.9 Å². The first kappa shape index (κ1) is 11.9. The maximum absolute atomic E-state index is 13.1. The highest BCUT2D eigenvalue weighted by Crippen LogP contribution is 2.48. The quantitative estimate of drug-likeness (QED) is 0.626. The number of halogens is 3. The van der Waals surface area contributed by atoms with Gasteiger partial charge in [0.1, 0.15) is 0 Å². The molecule has 0 aliphatic carbocycles. The zero-order chi connectivity index (χ0) is 13.6. The number of nitrogens with one attached hydrogen (secondary N) is 1. The van der Waals surface area contributed by atoms with Crippen LogP contribution in [-0.2, 0) is 6.18 Å². The molecule has 0 spiro atoms. The minimum Gasteiger partial charge on any atom is -0.453 e. The highest BCUT2D eigenvalue weighted by atomic mass is 19.4. The fourth-order valence-electron chi connectivity index (χ4n) is 2.17. The summed E-state index contributed by atoms with van der Waals surface area (Å²) < 4.78 is 44.9. The minimum atomic E-state index is -4.42. The highest BCUT2D eigenvalue weighted by Gasteiger charge is 2.38. The van der Waals surface area contributed by atoms with Gasteiger partial charge in [-0.1, -0.05) is 18.2 Å². The van der Waals surface area contributed by atoms with Crippen LogP contribution in [0.1, 0.15) is 11.1 Å². The van der Waals surface area contributed by atoms with E-state index in [0.717, 1.165) is 0 Å². The van der Waals surface area contributed by atoms with E-state index in [2.05, 4.69) is 5.32 Å². The van der Waals surface area contributed by atoms with Crippen molar-refractivity contribution in [2.24, 2.45) is 0 Å². The van der Waals surface area contributed by atoms with Crippen LogP contribution in [0.3, 0.4) is 0 Å². The van der Waals surface area contributed by atoms with E-state index in [9.17, 15) is 13.2 Å². The predicted molar refractivity (Wildman–Crippen MR) is 66.0 cm³/mol. The lowest BCUT2D eigenvalue weighted by atomic mass is 10.0. The number of hydrogen-bond acceptors (Lipinski definition) is 2. The van der Waals surface area contributed by atoms with E-state index < -0.39 is 11.7 Å². The van der Waals surface area contributed by atoms with Gasteiger partial charge in [-0.15, -0.1) is 0 Å². The zero-order valence-corrected chi connectivity index (χ0v) is 10.0. The molecule has 1 heterocycles. The first-order chi connectivity index (χ1) is 8.97. The lowest BCUT2D eigenvalue weighted by molar-refractivity contribution is -0.137. The lowest BCUT2D eigenvalue weighted by Gasteiger charge is -2.25. The van der Waals surface area contributed by atoms with Gasteiger partial charge in [-0.25, -0.2) is 0 Å². The first-order valence-corrected chi connectivity index (χ1v) is 5.71. The first-order valence-electron chi connectivity index (χ1n) is 5.71. The average Bonchev–Trinajstić information content (AvgIpc) is 2.34. The summed E-state index contributed by atoms with van der Waals surface area (Å²) in [6.45, 7) is 1.44. The molecule has 2 nitrogen and oxygen atoms in total. The second-order valence-electron chi connectivity index (χ2n) is 4.35. The summed E-state index contributed by atoms with van der Waals surface area (Å²) in [5, 5.41) is 2.81. The van der Waals surface area contributed by atoms with Crippen molar-refractivity contribution in [1.29, 1.82) is 0 Å². The largest absolute Gasteiger partial charge is 0.453 e. The van der Waals surface area contributed by atoms with Crippen molar-refractivity contribution in [3.8, 4) is 11.5 Å². The second kappa shape index (κ2) is 3.91. The van der Waals surface area contributed by atoms with E-state index in [1.165, 1.54) is 13.0 Å². The topological polar surface area (TPSA) is 21.3 Å². The Bertz CT molecular complexity index is 650. The van der Waals surface area contributed by atoms with E-state index in [1.807, 2.05) is 0 Å². The molecule has 1 aliphatic heterocycles. The van der Waals surface area contributed by atoms with Crippen molar-refractivity contribution in [1.82, 2.24) is 0 Å². The zero-order valence-electron chi connectivity index (χ0n) is 10.0. The maximum Gasteiger partial charge on any atom is 0.418 e. The summed E-state index contributed by atoms with van der Waals surface area (Å²) >= 11 is 0. The minimum absolute atomic E-state index is 0.0220. The molecule has 19 heavy (non-hydrogen) atoms. The van der Waals surface area contributed by atoms with Crippen molar-refractivity contribution in [2.45, 2.75) is 13.1 Å². The number of fused-ring (bicyclic) bond motifs is 2. The fourth-order valence-corrected chi connectivity index (χ4v) is 2.17. The van der Waals surface area contributed by atoms with Crippen LogP contribution < -0.4 is 10.1 Å². The van der Waals surface area contributed by atoms with Crippen LogP contribution in [0.15, 0.2) is 36.4 Å². The Morgan fingerprint density at radius 1 is 1.00 bits per heavy atom. The molecule has 0 fully saturated rings. The second-order valence-corrected chi connectivity index (χ2v) is 4.35.